The lowest BCUT2D eigenvalue weighted by molar-refractivity contribution is -0.147. The van der Waals surface area contributed by atoms with E-state index < -0.39 is 0 Å². The van der Waals surface area contributed by atoms with Gasteiger partial charge in [0.1, 0.15) is 6.04 Å². The summed E-state index contributed by atoms with van der Waals surface area (Å²) in [4.78, 5) is 34.6. The van der Waals surface area contributed by atoms with Crippen LogP contribution in [-0.4, -0.2) is 57.4 Å². The summed E-state index contributed by atoms with van der Waals surface area (Å²) in [5, 5.41) is 5.94. The highest BCUT2D eigenvalue weighted by Crippen LogP contribution is 2.24. The van der Waals surface area contributed by atoms with Crippen molar-refractivity contribution >= 4 is 23.2 Å². The third-order valence-corrected chi connectivity index (χ3v) is 6.15. The molecule has 27 heavy (non-hydrogen) atoms. The summed E-state index contributed by atoms with van der Waals surface area (Å²) < 4.78 is 5.28. The number of amides is 2. The maximum absolute atomic E-state index is 12.8. The lowest BCUT2D eigenvalue weighted by Crippen LogP contribution is -2.52. The predicted octanol–water partition coefficient (Wildman–Crippen LogP) is 2.73. The third kappa shape index (κ3) is 4.05. The Balaban J connectivity index is 1.36. The summed E-state index contributed by atoms with van der Waals surface area (Å²) in [6, 6.07) is 3.58. The van der Waals surface area contributed by atoms with Gasteiger partial charge in [0, 0.05) is 32.5 Å². The van der Waals surface area contributed by atoms with Crippen LogP contribution in [0.3, 0.4) is 0 Å². The minimum absolute atomic E-state index is 0.00289. The molecule has 0 spiro atoms. The van der Waals surface area contributed by atoms with E-state index in [2.05, 4.69) is 10.1 Å². The molecule has 2 saturated heterocycles. The van der Waals surface area contributed by atoms with Gasteiger partial charge in [-0.2, -0.15) is 4.98 Å². The van der Waals surface area contributed by atoms with Gasteiger partial charge in [-0.3, -0.25) is 9.59 Å². The van der Waals surface area contributed by atoms with E-state index in [-0.39, 0.29) is 24.3 Å². The number of nitrogens with zero attached hydrogens (tertiary/aromatic N) is 4. The predicted molar refractivity (Wildman–Crippen MR) is 101 cm³/mol. The fourth-order valence-electron chi connectivity index (χ4n) is 3.85. The van der Waals surface area contributed by atoms with Crippen molar-refractivity contribution in [3.63, 3.8) is 0 Å². The lowest BCUT2D eigenvalue weighted by Gasteiger charge is -2.36. The van der Waals surface area contributed by atoms with Crippen molar-refractivity contribution in [3.8, 4) is 10.7 Å². The SMILES string of the molecule is O=C(C1CCCCN1C(=O)CCc1nc(-c2cccs2)no1)N1CCCC1. The highest BCUT2D eigenvalue weighted by atomic mass is 32.1. The second-order valence-electron chi connectivity index (χ2n) is 7.12. The molecule has 2 aromatic heterocycles. The smallest absolute Gasteiger partial charge is 0.245 e. The Morgan fingerprint density at radius 3 is 2.78 bits per heavy atom. The van der Waals surface area contributed by atoms with Gasteiger partial charge in [-0.15, -0.1) is 11.3 Å². The number of hydrogen-bond acceptors (Lipinski definition) is 6. The largest absolute Gasteiger partial charge is 0.341 e. The van der Waals surface area contributed by atoms with Crippen molar-refractivity contribution in [2.24, 2.45) is 0 Å². The molecule has 0 radical (unpaired) electrons. The number of hydrogen-bond donors (Lipinski definition) is 0. The summed E-state index contributed by atoms with van der Waals surface area (Å²) in [6.45, 7) is 2.31. The zero-order chi connectivity index (χ0) is 18.6. The molecule has 1 atom stereocenters. The molecule has 2 aromatic rings. The topological polar surface area (TPSA) is 79.5 Å². The number of likely N-dealkylation sites (tertiary alicyclic amines) is 2. The molecular weight excluding hydrogens is 364 g/mol. The second-order valence-corrected chi connectivity index (χ2v) is 8.07. The zero-order valence-corrected chi connectivity index (χ0v) is 16.1. The molecule has 4 rings (SSSR count). The summed E-state index contributed by atoms with van der Waals surface area (Å²) in [5.74, 6) is 1.15. The van der Waals surface area contributed by atoms with Crippen molar-refractivity contribution in [1.29, 1.82) is 0 Å². The Morgan fingerprint density at radius 2 is 2.00 bits per heavy atom. The molecule has 4 heterocycles. The van der Waals surface area contributed by atoms with Gasteiger partial charge < -0.3 is 14.3 Å². The molecule has 8 heteroatoms. The first-order valence-electron chi connectivity index (χ1n) is 9.67. The summed E-state index contributed by atoms with van der Waals surface area (Å²) in [6.07, 6.45) is 5.55. The number of aromatic nitrogens is 2. The number of piperidine rings is 1. The average molecular weight is 388 g/mol. The standard InChI is InChI=1S/C19H24N4O3S/c24-17(9-8-16-20-18(21-26-16)15-7-5-13-27-15)23-12-2-1-6-14(23)19(25)22-10-3-4-11-22/h5,7,13-14H,1-4,6,8-12H2. The van der Waals surface area contributed by atoms with Gasteiger partial charge in [0.25, 0.3) is 0 Å². The first kappa shape index (κ1) is 18.2. The number of aryl methyl sites for hydroxylation is 1. The molecule has 7 nitrogen and oxygen atoms in total. The minimum Gasteiger partial charge on any atom is -0.341 e. The van der Waals surface area contributed by atoms with Gasteiger partial charge in [0.2, 0.25) is 23.5 Å². The number of carbonyl (C=O) groups excluding carboxylic acids is 2. The van der Waals surface area contributed by atoms with Crippen molar-refractivity contribution in [1.82, 2.24) is 19.9 Å². The lowest BCUT2D eigenvalue weighted by atomic mass is 10.00. The van der Waals surface area contributed by atoms with Crippen LogP contribution >= 0.6 is 11.3 Å². The van der Waals surface area contributed by atoms with Crippen molar-refractivity contribution in [3.05, 3.63) is 23.4 Å². The van der Waals surface area contributed by atoms with E-state index in [1.807, 2.05) is 22.4 Å². The first-order valence-corrected chi connectivity index (χ1v) is 10.5. The molecule has 0 bridgehead atoms. The molecule has 0 saturated carbocycles. The van der Waals surface area contributed by atoms with Crippen LogP contribution in [-0.2, 0) is 16.0 Å². The summed E-state index contributed by atoms with van der Waals surface area (Å²) >= 11 is 1.55. The van der Waals surface area contributed by atoms with Crippen LogP contribution in [0, 0.1) is 0 Å². The third-order valence-electron chi connectivity index (χ3n) is 5.29. The van der Waals surface area contributed by atoms with Gasteiger partial charge in [0.05, 0.1) is 4.88 Å². The number of carbonyl (C=O) groups is 2. The molecule has 2 amide bonds. The highest BCUT2D eigenvalue weighted by molar-refractivity contribution is 7.13. The summed E-state index contributed by atoms with van der Waals surface area (Å²) in [7, 11) is 0. The highest BCUT2D eigenvalue weighted by Gasteiger charge is 2.35. The molecular formula is C19H24N4O3S. The molecule has 144 valence electrons. The van der Waals surface area contributed by atoms with Crippen LogP contribution in [0.15, 0.2) is 22.0 Å². The van der Waals surface area contributed by atoms with Crippen LogP contribution in [0.25, 0.3) is 10.7 Å². The van der Waals surface area contributed by atoms with E-state index in [0.29, 0.717) is 24.7 Å². The second kappa shape index (κ2) is 8.21. The minimum atomic E-state index is -0.297. The Hall–Kier alpha value is -2.22. The van der Waals surface area contributed by atoms with Gasteiger partial charge in [-0.05, 0) is 43.6 Å². The monoisotopic (exact) mass is 388 g/mol. The van der Waals surface area contributed by atoms with Crippen LogP contribution in [0.1, 0.15) is 44.4 Å². The van der Waals surface area contributed by atoms with Crippen molar-refractivity contribution in [2.45, 2.75) is 51.0 Å². The molecule has 2 aliphatic heterocycles. The molecule has 0 aliphatic carbocycles. The fraction of sp³-hybridized carbons (Fsp3) is 0.579. The summed E-state index contributed by atoms with van der Waals surface area (Å²) in [5.41, 5.74) is 0. The normalized spacial score (nSPS) is 20.2. The van der Waals surface area contributed by atoms with E-state index >= 15 is 0 Å². The Bertz CT molecular complexity index is 783. The van der Waals surface area contributed by atoms with E-state index in [4.69, 9.17) is 4.52 Å². The maximum Gasteiger partial charge on any atom is 0.245 e. The Kier molecular flexibility index (Phi) is 5.52. The van der Waals surface area contributed by atoms with Crippen molar-refractivity contribution < 1.29 is 14.1 Å². The Morgan fingerprint density at radius 1 is 1.19 bits per heavy atom. The zero-order valence-electron chi connectivity index (χ0n) is 15.3. The van der Waals surface area contributed by atoms with Gasteiger partial charge >= 0.3 is 0 Å². The van der Waals surface area contributed by atoms with E-state index in [1.54, 1.807) is 16.2 Å². The van der Waals surface area contributed by atoms with Gasteiger partial charge in [0.15, 0.2) is 0 Å². The average Bonchev–Trinajstić information content (AvgIpc) is 3.47. The molecule has 2 fully saturated rings. The van der Waals surface area contributed by atoms with Crippen LogP contribution < -0.4 is 0 Å². The fourth-order valence-corrected chi connectivity index (χ4v) is 4.50. The van der Waals surface area contributed by atoms with E-state index in [9.17, 15) is 9.59 Å². The first-order chi connectivity index (χ1) is 13.2. The van der Waals surface area contributed by atoms with E-state index in [1.165, 1.54) is 0 Å². The molecule has 0 N–H and O–H groups in total. The molecule has 2 aliphatic rings. The number of rotatable bonds is 5. The van der Waals surface area contributed by atoms with E-state index in [0.717, 1.165) is 50.1 Å². The van der Waals surface area contributed by atoms with Crippen LogP contribution in [0.2, 0.25) is 0 Å². The maximum atomic E-state index is 12.8. The molecule has 0 aromatic carbocycles. The van der Waals surface area contributed by atoms with Gasteiger partial charge in [-0.1, -0.05) is 11.2 Å². The van der Waals surface area contributed by atoms with Crippen molar-refractivity contribution in [2.75, 3.05) is 19.6 Å². The number of thiophene rings is 1. The Labute approximate surface area is 162 Å². The quantitative estimate of drug-likeness (QED) is 0.787. The molecule has 1 unspecified atom stereocenters. The van der Waals surface area contributed by atoms with Crippen LogP contribution in [0.4, 0.5) is 0 Å². The van der Waals surface area contributed by atoms with Gasteiger partial charge in [-0.25, -0.2) is 0 Å². The van der Waals surface area contributed by atoms with Crippen LogP contribution in [0.5, 0.6) is 0 Å².